The first-order valence-corrected chi connectivity index (χ1v) is 9.90. The van der Waals surface area contributed by atoms with Gasteiger partial charge in [-0.15, -0.1) is 22.7 Å². The number of carbonyl (C=O) groups is 2. The van der Waals surface area contributed by atoms with Gasteiger partial charge in [-0.05, 0) is 24.3 Å². The van der Waals surface area contributed by atoms with Crippen LogP contribution in [0.5, 0.6) is 0 Å². The van der Waals surface area contributed by atoms with Crippen LogP contribution in [0.1, 0.15) is 37.8 Å². The Morgan fingerprint density at radius 1 is 1.25 bits per heavy atom. The Morgan fingerprint density at radius 2 is 2.08 bits per heavy atom. The van der Waals surface area contributed by atoms with E-state index in [0.29, 0.717) is 6.42 Å². The van der Waals surface area contributed by atoms with E-state index >= 15 is 0 Å². The van der Waals surface area contributed by atoms with E-state index in [1.54, 1.807) is 11.3 Å². The third kappa shape index (κ3) is 4.21. The highest BCUT2D eigenvalue weighted by atomic mass is 32.1. The van der Waals surface area contributed by atoms with E-state index in [4.69, 9.17) is 0 Å². The number of rotatable bonds is 5. The number of carboxylic acids is 1. The van der Waals surface area contributed by atoms with Gasteiger partial charge >= 0.3 is 5.97 Å². The molecule has 0 aromatic carbocycles. The van der Waals surface area contributed by atoms with Crippen LogP contribution in [0.3, 0.4) is 0 Å². The molecule has 2 aromatic heterocycles. The second-order valence-electron chi connectivity index (χ2n) is 6.05. The number of aliphatic carboxylic acids is 1. The topological polar surface area (TPSA) is 79.3 Å². The van der Waals surface area contributed by atoms with Crippen molar-refractivity contribution >= 4 is 34.6 Å². The highest BCUT2D eigenvalue weighted by molar-refractivity contribution is 7.20. The van der Waals surface area contributed by atoms with Crippen LogP contribution >= 0.6 is 22.7 Å². The van der Waals surface area contributed by atoms with Crippen LogP contribution in [0.4, 0.5) is 0 Å². The van der Waals surface area contributed by atoms with Crippen LogP contribution in [0, 0.1) is 5.92 Å². The normalized spacial score (nSPS) is 21.2. The molecular formula is C17H20N2O3S2. The molecule has 1 aliphatic carbocycles. The summed E-state index contributed by atoms with van der Waals surface area (Å²) in [5.74, 6) is -1.43. The van der Waals surface area contributed by atoms with E-state index in [2.05, 4.69) is 10.3 Å². The van der Waals surface area contributed by atoms with Gasteiger partial charge in [-0.3, -0.25) is 9.59 Å². The molecule has 7 heteroatoms. The average Bonchev–Trinajstić information content (AvgIpc) is 3.16. The van der Waals surface area contributed by atoms with Crippen LogP contribution in [0.2, 0.25) is 0 Å². The first-order valence-electron chi connectivity index (χ1n) is 8.14. The standard InChI is InChI=1S/C17H20N2O3S2/c20-15(19-13-6-3-1-2-5-12(13)17(21)22)9-11-10-24-16(18-11)14-7-4-8-23-14/h4,7-8,10,12-13H,1-3,5-6,9H2,(H,19,20)(H,21,22)/t12-,13+/m1/s1. The number of carbonyl (C=O) groups excluding carboxylic acids is 1. The number of carboxylic acid groups (broad SMARTS) is 1. The van der Waals surface area contributed by atoms with Crippen molar-refractivity contribution in [2.24, 2.45) is 5.92 Å². The molecule has 1 amide bonds. The monoisotopic (exact) mass is 364 g/mol. The summed E-state index contributed by atoms with van der Waals surface area (Å²) in [5, 5.41) is 17.1. The number of hydrogen-bond acceptors (Lipinski definition) is 5. The number of thiophene rings is 1. The fourth-order valence-corrected chi connectivity index (χ4v) is 4.73. The summed E-state index contributed by atoms with van der Waals surface area (Å²) in [5.41, 5.74) is 0.737. The number of nitrogens with zero attached hydrogens (tertiary/aromatic N) is 1. The van der Waals surface area contributed by atoms with Crippen molar-refractivity contribution < 1.29 is 14.7 Å². The molecule has 2 heterocycles. The summed E-state index contributed by atoms with van der Waals surface area (Å²) in [6.07, 6.45) is 4.49. The minimum atomic E-state index is -0.809. The van der Waals surface area contributed by atoms with Crippen molar-refractivity contribution in [1.82, 2.24) is 10.3 Å². The van der Waals surface area contributed by atoms with E-state index < -0.39 is 11.9 Å². The van der Waals surface area contributed by atoms with E-state index in [0.717, 1.165) is 41.3 Å². The van der Waals surface area contributed by atoms with Crippen LogP contribution in [0.15, 0.2) is 22.9 Å². The first-order chi connectivity index (χ1) is 11.6. The lowest BCUT2D eigenvalue weighted by Crippen LogP contribution is -2.43. The predicted octanol–water partition coefficient (Wildman–Crippen LogP) is 3.56. The molecule has 0 unspecified atom stereocenters. The van der Waals surface area contributed by atoms with Gasteiger partial charge in [0.25, 0.3) is 0 Å². The summed E-state index contributed by atoms with van der Waals surface area (Å²) in [6.45, 7) is 0. The summed E-state index contributed by atoms with van der Waals surface area (Å²) in [4.78, 5) is 29.4. The molecule has 1 fully saturated rings. The Morgan fingerprint density at radius 3 is 2.83 bits per heavy atom. The molecule has 24 heavy (non-hydrogen) atoms. The molecule has 0 bridgehead atoms. The van der Waals surface area contributed by atoms with Crippen molar-refractivity contribution in [1.29, 1.82) is 0 Å². The highest BCUT2D eigenvalue weighted by Gasteiger charge is 2.30. The Balaban J connectivity index is 1.61. The summed E-state index contributed by atoms with van der Waals surface area (Å²) >= 11 is 3.15. The zero-order valence-corrected chi connectivity index (χ0v) is 14.9. The molecule has 3 rings (SSSR count). The van der Waals surface area contributed by atoms with Gasteiger partial charge in [0.1, 0.15) is 5.01 Å². The van der Waals surface area contributed by atoms with E-state index in [9.17, 15) is 14.7 Å². The molecule has 1 saturated carbocycles. The Hall–Kier alpha value is -1.73. The van der Waals surface area contributed by atoms with Crippen LogP contribution in [-0.2, 0) is 16.0 Å². The molecule has 0 radical (unpaired) electrons. The van der Waals surface area contributed by atoms with Crippen molar-refractivity contribution in [3.05, 3.63) is 28.6 Å². The molecule has 0 spiro atoms. The fourth-order valence-electron chi connectivity index (χ4n) is 3.10. The molecular weight excluding hydrogens is 344 g/mol. The third-order valence-electron chi connectivity index (χ3n) is 4.30. The van der Waals surface area contributed by atoms with Gasteiger partial charge in [-0.1, -0.05) is 25.3 Å². The Labute approximate surface area is 148 Å². The third-order valence-corrected chi connectivity index (χ3v) is 6.24. The van der Waals surface area contributed by atoms with Crippen molar-refractivity contribution in [3.8, 4) is 9.88 Å². The van der Waals surface area contributed by atoms with Gasteiger partial charge in [0.15, 0.2) is 0 Å². The van der Waals surface area contributed by atoms with Gasteiger partial charge in [-0.25, -0.2) is 4.98 Å². The lowest BCUT2D eigenvalue weighted by molar-refractivity contribution is -0.143. The van der Waals surface area contributed by atoms with Gasteiger partial charge in [-0.2, -0.15) is 0 Å². The number of thiazole rings is 1. The van der Waals surface area contributed by atoms with Crippen molar-refractivity contribution in [2.45, 2.75) is 44.6 Å². The van der Waals surface area contributed by atoms with Crippen LogP contribution < -0.4 is 5.32 Å². The lowest BCUT2D eigenvalue weighted by Gasteiger charge is -2.22. The second kappa shape index (κ2) is 7.90. The summed E-state index contributed by atoms with van der Waals surface area (Å²) < 4.78 is 0. The van der Waals surface area contributed by atoms with E-state index in [1.807, 2.05) is 22.9 Å². The minimum absolute atomic E-state index is 0.142. The van der Waals surface area contributed by atoms with E-state index in [1.165, 1.54) is 11.3 Å². The average molecular weight is 364 g/mol. The minimum Gasteiger partial charge on any atom is -0.481 e. The van der Waals surface area contributed by atoms with Crippen molar-refractivity contribution in [2.75, 3.05) is 0 Å². The summed E-state index contributed by atoms with van der Waals surface area (Å²) in [7, 11) is 0. The molecule has 0 aliphatic heterocycles. The van der Waals surface area contributed by atoms with Gasteiger partial charge in [0, 0.05) is 11.4 Å². The maximum absolute atomic E-state index is 12.3. The lowest BCUT2D eigenvalue weighted by atomic mass is 9.95. The summed E-state index contributed by atoms with van der Waals surface area (Å²) in [6, 6.07) is 3.72. The SMILES string of the molecule is O=C(Cc1csc(-c2cccs2)n1)N[C@H]1CCCCC[C@H]1C(=O)O. The smallest absolute Gasteiger partial charge is 0.308 e. The fraction of sp³-hybridized carbons (Fsp3) is 0.471. The number of aromatic nitrogens is 1. The molecule has 5 nitrogen and oxygen atoms in total. The predicted molar refractivity (Wildman–Crippen MR) is 95.3 cm³/mol. The number of amides is 1. The largest absolute Gasteiger partial charge is 0.481 e. The number of nitrogens with one attached hydrogen (secondary N) is 1. The quantitative estimate of drug-likeness (QED) is 0.795. The van der Waals surface area contributed by atoms with Gasteiger partial charge < -0.3 is 10.4 Å². The van der Waals surface area contributed by atoms with Crippen LogP contribution in [0.25, 0.3) is 9.88 Å². The van der Waals surface area contributed by atoms with E-state index in [-0.39, 0.29) is 18.4 Å². The van der Waals surface area contributed by atoms with Gasteiger partial charge in [0.2, 0.25) is 5.91 Å². The number of hydrogen-bond donors (Lipinski definition) is 2. The Bertz CT molecular complexity index is 697. The molecule has 128 valence electrons. The zero-order chi connectivity index (χ0) is 16.9. The maximum Gasteiger partial charge on any atom is 0.308 e. The zero-order valence-electron chi connectivity index (χ0n) is 13.2. The van der Waals surface area contributed by atoms with Crippen LogP contribution in [-0.4, -0.2) is 28.0 Å². The molecule has 2 aromatic rings. The Kier molecular flexibility index (Phi) is 5.63. The molecule has 1 aliphatic rings. The highest BCUT2D eigenvalue weighted by Crippen LogP contribution is 2.28. The van der Waals surface area contributed by atoms with Gasteiger partial charge in [0.05, 0.1) is 22.9 Å². The molecule has 0 saturated heterocycles. The molecule has 2 atom stereocenters. The van der Waals surface area contributed by atoms with Crippen molar-refractivity contribution in [3.63, 3.8) is 0 Å². The molecule has 2 N–H and O–H groups in total. The maximum atomic E-state index is 12.3. The second-order valence-corrected chi connectivity index (χ2v) is 7.86. The first kappa shape index (κ1) is 17.1.